The van der Waals surface area contributed by atoms with E-state index < -0.39 is 6.04 Å². The molecule has 6 heteroatoms. The third-order valence-corrected chi connectivity index (χ3v) is 4.44. The number of hydrogen-bond donors (Lipinski definition) is 1. The van der Waals surface area contributed by atoms with Gasteiger partial charge in [0.05, 0.1) is 18.6 Å². The minimum atomic E-state index is -0.397. The molecular weight excluding hydrogens is 311 g/mol. The molecule has 1 aromatic rings. The molecule has 1 N–H and O–H groups in total. The molecule has 1 aliphatic heterocycles. The number of anilines is 1. The monoisotopic (exact) mass is 336 g/mol. The Morgan fingerprint density at radius 1 is 1.46 bits per heavy atom. The van der Waals surface area contributed by atoms with Crippen molar-refractivity contribution in [1.29, 1.82) is 0 Å². The van der Waals surface area contributed by atoms with Crippen LogP contribution < -0.4 is 5.32 Å². The van der Waals surface area contributed by atoms with Crippen molar-refractivity contribution in [2.45, 2.75) is 39.7 Å². The second-order valence-corrected chi connectivity index (χ2v) is 6.22. The molecular formula is C18H25FN2O3. The summed E-state index contributed by atoms with van der Waals surface area (Å²) >= 11 is 0. The average Bonchev–Trinajstić information content (AvgIpc) is 2.57. The third-order valence-electron chi connectivity index (χ3n) is 4.44. The Hall–Kier alpha value is -1.95. The lowest BCUT2D eigenvalue weighted by atomic mass is 9.97. The molecule has 1 aliphatic rings. The molecule has 132 valence electrons. The summed E-state index contributed by atoms with van der Waals surface area (Å²) in [4.78, 5) is 26.3. The molecule has 2 rings (SSSR count). The molecule has 0 bridgehead atoms. The molecule has 1 saturated heterocycles. The number of esters is 1. The first-order chi connectivity index (χ1) is 11.4. The Morgan fingerprint density at radius 3 is 2.88 bits per heavy atom. The Kier molecular flexibility index (Phi) is 6.31. The lowest BCUT2D eigenvalue weighted by molar-refractivity contribution is -0.150. The van der Waals surface area contributed by atoms with Crippen LogP contribution in [-0.4, -0.2) is 42.5 Å². The SMILES string of the molecule is CCOC(=O)[C@H]1CCCN([C@@H](C)C(=O)Nc2ccc(C)c(F)c2)C1. The summed E-state index contributed by atoms with van der Waals surface area (Å²) in [5, 5.41) is 2.74. The van der Waals surface area contributed by atoms with Crippen LogP contribution in [-0.2, 0) is 14.3 Å². The summed E-state index contributed by atoms with van der Waals surface area (Å²) in [6.45, 7) is 6.89. The fraction of sp³-hybridized carbons (Fsp3) is 0.556. The number of nitrogens with one attached hydrogen (secondary N) is 1. The van der Waals surface area contributed by atoms with E-state index in [1.807, 2.05) is 4.90 Å². The average molecular weight is 336 g/mol. The van der Waals surface area contributed by atoms with E-state index in [0.717, 1.165) is 19.4 Å². The van der Waals surface area contributed by atoms with E-state index in [-0.39, 0.29) is 23.6 Å². The molecule has 0 unspecified atom stereocenters. The van der Waals surface area contributed by atoms with E-state index in [1.54, 1.807) is 32.9 Å². The Morgan fingerprint density at radius 2 is 2.21 bits per heavy atom. The Balaban J connectivity index is 1.96. The number of rotatable bonds is 5. The highest BCUT2D eigenvalue weighted by Crippen LogP contribution is 2.21. The molecule has 1 heterocycles. The van der Waals surface area contributed by atoms with Gasteiger partial charge in [0.25, 0.3) is 0 Å². The van der Waals surface area contributed by atoms with Gasteiger partial charge in [-0.05, 0) is 57.9 Å². The standard InChI is InChI=1S/C18H25FN2O3/c1-4-24-18(23)14-6-5-9-21(11-14)13(3)17(22)20-15-8-7-12(2)16(19)10-15/h7-8,10,13-14H,4-6,9,11H2,1-3H3,(H,20,22)/t13-,14-/m0/s1. The topological polar surface area (TPSA) is 58.6 Å². The number of nitrogens with zero attached hydrogens (tertiary/aromatic N) is 1. The summed E-state index contributed by atoms with van der Waals surface area (Å²) in [6, 6.07) is 4.23. The summed E-state index contributed by atoms with van der Waals surface area (Å²) in [6.07, 6.45) is 1.63. The number of benzene rings is 1. The molecule has 1 aromatic carbocycles. The van der Waals surface area contributed by atoms with Gasteiger partial charge in [-0.15, -0.1) is 0 Å². The van der Waals surface area contributed by atoms with Gasteiger partial charge in [0.15, 0.2) is 0 Å². The maximum absolute atomic E-state index is 13.6. The summed E-state index contributed by atoms with van der Waals surface area (Å²) in [5.74, 6) is -0.940. The molecule has 1 amide bonds. The number of carbonyl (C=O) groups is 2. The van der Waals surface area contributed by atoms with Gasteiger partial charge in [-0.2, -0.15) is 0 Å². The molecule has 0 aliphatic carbocycles. The number of carbonyl (C=O) groups excluding carboxylic acids is 2. The van der Waals surface area contributed by atoms with E-state index in [1.165, 1.54) is 6.07 Å². The highest BCUT2D eigenvalue weighted by atomic mass is 19.1. The maximum Gasteiger partial charge on any atom is 0.310 e. The minimum absolute atomic E-state index is 0.189. The second-order valence-electron chi connectivity index (χ2n) is 6.22. The zero-order chi connectivity index (χ0) is 17.7. The number of aryl methyl sites for hydroxylation is 1. The van der Waals surface area contributed by atoms with Crippen molar-refractivity contribution in [2.75, 3.05) is 25.0 Å². The maximum atomic E-state index is 13.6. The van der Waals surface area contributed by atoms with E-state index in [2.05, 4.69) is 5.32 Å². The van der Waals surface area contributed by atoms with Crippen LogP contribution in [0.15, 0.2) is 18.2 Å². The zero-order valence-electron chi connectivity index (χ0n) is 14.5. The number of amides is 1. The van der Waals surface area contributed by atoms with Crippen LogP contribution in [0.3, 0.4) is 0 Å². The first-order valence-electron chi connectivity index (χ1n) is 8.40. The minimum Gasteiger partial charge on any atom is -0.466 e. The molecule has 1 fully saturated rings. The summed E-state index contributed by atoms with van der Waals surface area (Å²) < 4.78 is 18.7. The normalized spacial score (nSPS) is 19.6. The fourth-order valence-electron chi connectivity index (χ4n) is 2.89. The summed E-state index contributed by atoms with van der Waals surface area (Å²) in [5.41, 5.74) is 0.975. The van der Waals surface area contributed by atoms with Gasteiger partial charge in [0.2, 0.25) is 5.91 Å². The highest BCUT2D eigenvalue weighted by Gasteiger charge is 2.31. The number of likely N-dealkylation sites (tertiary alicyclic amines) is 1. The summed E-state index contributed by atoms with van der Waals surface area (Å²) in [7, 11) is 0. The molecule has 0 spiro atoms. The molecule has 0 saturated carbocycles. The van der Waals surface area contributed by atoms with Crippen molar-refractivity contribution in [3.8, 4) is 0 Å². The van der Waals surface area contributed by atoms with Crippen LogP contribution in [0.25, 0.3) is 0 Å². The number of piperidine rings is 1. The number of halogens is 1. The largest absolute Gasteiger partial charge is 0.466 e. The highest BCUT2D eigenvalue weighted by molar-refractivity contribution is 5.94. The lowest BCUT2D eigenvalue weighted by Gasteiger charge is -2.35. The van der Waals surface area contributed by atoms with Crippen molar-refractivity contribution in [3.05, 3.63) is 29.6 Å². The molecule has 2 atom stereocenters. The van der Waals surface area contributed by atoms with Crippen molar-refractivity contribution in [2.24, 2.45) is 5.92 Å². The van der Waals surface area contributed by atoms with Crippen LogP contribution in [0, 0.1) is 18.7 Å². The van der Waals surface area contributed by atoms with Gasteiger partial charge in [0, 0.05) is 12.2 Å². The predicted octanol–water partition coefficient (Wildman–Crippen LogP) is 2.74. The number of hydrogen-bond acceptors (Lipinski definition) is 4. The van der Waals surface area contributed by atoms with Crippen LogP contribution in [0.5, 0.6) is 0 Å². The smallest absolute Gasteiger partial charge is 0.310 e. The zero-order valence-corrected chi connectivity index (χ0v) is 14.5. The van der Waals surface area contributed by atoms with Crippen LogP contribution in [0.2, 0.25) is 0 Å². The van der Waals surface area contributed by atoms with E-state index in [4.69, 9.17) is 4.74 Å². The van der Waals surface area contributed by atoms with E-state index in [0.29, 0.717) is 24.4 Å². The van der Waals surface area contributed by atoms with Gasteiger partial charge in [-0.25, -0.2) is 4.39 Å². The van der Waals surface area contributed by atoms with Crippen LogP contribution >= 0.6 is 0 Å². The second kappa shape index (κ2) is 8.24. The molecule has 0 radical (unpaired) electrons. The first-order valence-corrected chi connectivity index (χ1v) is 8.40. The lowest BCUT2D eigenvalue weighted by Crippen LogP contribution is -2.48. The van der Waals surface area contributed by atoms with Gasteiger partial charge in [-0.3, -0.25) is 14.5 Å². The Labute approximate surface area is 142 Å². The third kappa shape index (κ3) is 4.54. The van der Waals surface area contributed by atoms with Crippen molar-refractivity contribution < 1.29 is 18.7 Å². The van der Waals surface area contributed by atoms with Crippen LogP contribution in [0.1, 0.15) is 32.3 Å². The molecule has 24 heavy (non-hydrogen) atoms. The van der Waals surface area contributed by atoms with Crippen molar-refractivity contribution >= 4 is 17.6 Å². The predicted molar refractivity (Wildman–Crippen MR) is 90.2 cm³/mol. The van der Waals surface area contributed by atoms with Crippen LogP contribution in [0.4, 0.5) is 10.1 Å². The van der Waals surface area contributed by atoms with E-state index >= 15 is 0 Å². The molecule has 0 aromatic heterocycles. The van der Waals surface area contributed by atoms with Crippen molar-refractivity contribution in [1.82, 2.24) is 4.90 Å². The van der Waals surface area contributed by atoms with Gasteiger partial charge in [-0.1, -0.05) is 6.07 Å². The van der Waals surface area contributed by atoms with Gasteiger partial charge >= 0.3 is 5.97 Å². The fourth-order valence-corrected chi connectivity index (χ4v) is 2.89. The van der Waals surface area contributed by atoms with E-state index in [9.17, 15) is 14.0 Å². The first kappa shape index (κ1) is 18.4. The van der Waals surface area contributed by atoms with Gasteiger partial charge < -0.3 is 10.1 Å². The van der Waals surface area contributed by atoms with Crippen molar-refractivity contribution in [3.63, 3.8) is 0 Å². The number of ether oxygens (including phenoxy) is 1. The Bertz CT molecular complexity index is 606. The van der Waals surface area contributed by atoms with Gasteiger partial charge in [0.1, 0.15) is 5.82 Å². The quantitative estimate of drug-likeness (QED) is 0.840. The molecule has 5 nitrogen and oxygen atoms in total.